The van der Waals surface area contributed by atoms with Crippen molar-refractivity contribution in [2.24, 2.45) is 5.92 Å². The van der Waals surface area contributed by atoms with Crippen LogP contribution in [-0.4, -0.2) is 57.4 Å². The molecule has 28 heavy (non-hydrogen) atoms. The average molecular weight is 402 g/mol. The lowest BCUT2D eigenvalue weighted by atomic mass is 10.2. The molecule has 0 atom stereocenters. The van der Waals surface area contributed by atoms with Crippen LogP contribution in [0, 0.1) is 5.92 Å². The van der Waals surface area contributed by atoms with E-state index in [9.17, 15) is 8.42 Å². The molecule has 1 saturated heterocycles. The number of nitrogens with zero attached hydrogens (tertiary/aromatic N) is 3. The molecule has 1 heterocycles. The predicted molar refractivity (Wildman–Crippen MR) is 115 cm³/mol. The van der Waals surface area contributed by atoms with E-state index in [2.05, 4.69) is 16.8 Å². The zero-order chi connectivity index (χ0) is 20.1. The van der Waals surface area contributed by atoms with Gasteiger partial charge in [0.25, 0.3) is 0 Å². The van der Waals surface area contributed by atoms with Gasteiger partial charge in [-0.2, -0.15) is 4.31 Å². The summed E-state index contributed by atoms with van der Waals surface area (Å²) in [6.07, 6.45) is 0. The Balaban J connectivity index is 1.80. The van der Waals surface area contributed by atoms with Gasteiger partial charge in [-0.1, -0.05) is 44.2 Å². The highest BCUT2D eigenvalue weighted by atomic mass is 32.2. The number of anilines is 1. The number of benzene rings is 2. The summed E-state index contributed by atoms with van der Waals surface area (Å²) in [4.78, 5) is 4.98. The quantitative estimate of drug-likeness (QED) is 0.714. The van der Waals surface area contributed by atoms with E-state index in [4.69, 9.17) is 0 Å². The van der Waals surface area contributed by atoms with Crippen LogP contribution in [0.25, 0.3) is 0 Å². The summed E-state index contributed by atoms with van der Waals surface area (Å²) in [6, 6.07) is 17.2. The molecule has 1 aliphatic heterocycles. The Kier molecular flexibility index (Phi) is 6.75. The second-order valence-electron chi connectivity index (χ2n) is 7.96. The zero-order valence-electron chi connectivity index (χ0n) is 17.1. The molecule has 0 N–H and O–H groups in total. The fourth-order valence-corrected chi connectivity index (χ4v) is 5.08. The van der Waals surface area contributed by atoms with Gasteiger partial charge in [0.2, 0.25) is 10.0 Å². The maximum atomic E-state index is 13.3. The smallest absolute Gasteiger partial charge is 0.243 e. The number of hydrogen-bond acceptors (Lipinski definition) is 4. The van der Waals surface area contributed by atoms with Crippen LogP contribution in [0.2, 0.25) is 0 Å². The van der Waals surface area contributed by atoms with Gasteiger partial charge in [0, 0.05) is 45.0 Å². The summed E-state index contributed by atoms with van der Waals surface area (Å²) in [6.45, 7) is 8.97. The summed E-state index contributed by atoms with van der Waals surface area (Å²) in [5.41, 5.74) is 2.09. The number of sulfonamides is 1. The number of likely N-dealkylation sites (N-methyl/N-ethyl adjacent to an activating group) is 1. The molecule has 1 fully saturated rings. The lowest BCUT2D eigenvalue weighted by Gasteiger charge is -2.34. The van der Waals surface area contributed by atoms with Crippen molar-refractivity contribution in [3.05, 3.63) is 60.2 Å². The van der Waals surface area contributed by atoms with Crippen LogP contribution in [0.4, 0.5) is 5.69 Å². The summed E-state index contributed by atoms with van der Waals surface area (Å²) in [5.74, 6) is 0.253. The van der Waals surface area contributed by atoms with E-state index in [0.717, 1.165) is 37.4 Å². The van der Waals surface area contributed by atoms with Crippen molar-refractivity contribution in [2.75, 3.05) is 44.7 Å². The van der Waals surface area contributed by atoms with Crippen LogP contribution in [-0.2, 0) is 16.6 Å². The molecule has 1 aliphatic rings. The van der Waals surface area contributed by atoms with Crippen LogP contribution in [0.1, 0.15) is 19.4 Å². The Morgan fingerprint density at radius 3 is 2.11 bits per heavy atom. The minimum atomic E-state index is -3.54. The van der Waals surface area contributed by atoms with E-state index in [0.29, 0.717) is 18.0 Å². The largest absolute Gasteiger partial charge is 0.369 e. The maximum absolute atomic E-state index is 13.3. The summed E-state index contributed by atoms with van der Waals surface area (Å²) >= 11 is 0. The van der Waals surface area contributed by atoms with Crippen molar-refractivity contribution in [1.29, 1.82) is 0 Å². The minimum absolute atomic E-state index is 0.253. The third-order valence-electron chi connectivity index (χ3n) is 5.11. The Labute approximate surface area is 169 Å². The molecule has 0 saturated carbocycles. The summed E-state index contributed by atoms with van der Waals surface area (Å²) in [7, 11) is -1.42. The van der Waals surface area contributed by atoms with Crippen molar-refractivity contribution >= 4 is 15.7 Å². The van der Waals surface area contributed by atoms with Crippen molar-refractivity contribution in [2.45, 2.75) is 25.3 Å². The Hall–Kier alpha value is -1.89. The second-order valence-corrected chi connectivity index (χ2v) is 9.90. The Morgan fingerprint density at radius 1 is 0.929 bits per heavy atom. The van der Waals surface area contributed by atoms with E-state index in [1.165, 1.54) is 0 Å². The molecule has 0 aromatic heterocycles. The van der Waals surface area contributed by atoms with Gasteiger partial charge in [-0.3, -0.25) is 0 Å². The first kappa shape index (κ1) is 20.8. The van der Waals surface area contributed by atoms with Crippen LogP contribution >= 0.6 is 0 Å². The summed E-state index contributed by atoms with van der Waals surface area (Å²) in [5, 5.41) is 0. The van der Waals surface area contributed by atoms with Gasteiger partial charge in [0.15, 0.2) is 0 Å². The molecule has 0 unspecified atom stereocenters. The van der Waals surface area contributed by atoms with Crippen LogP contribution in [0.3, 0.4) is 0 Å². The Morgan fingerprint density at radius 2 is 1.54 bits per heavy atom. The summed E-state index contributed by atoms with van der Waals surface area (Å²) < 4.78 is 28.2. The fourth-order valence-electron chi connectivity index (χ4n) is 3.48. The molecule has 0 aliphatic carbocycles. The lowest BCUT2D eigenvalue weighted by Crippen LogP contribution is -2.44. The molecule has 6 heteroatoms. The van der Waals surface area contributed by atoms with Crippen molar-refractivity contribution in [3.63, 3.8) is 0 Å². The molecule has 2 aromatic carbocycles. The highest BCUT2D eigenvalue weighted by molar-refractivity contribution is 7.89. The molecule has 0 radical (unpaired) electrons. The van der Waals surface area contributed by atoms with Gasteiger partial charge in [0.1, 0.15) is 0 Å². The molecular weight excluding hydrogens is 370 g/mol. The fraction of sp³-hybridized carbons (Fsp3) is 0.455. The van der Waals surface area contributed by atoms with E-state index in [-0.39, 0.29) is 5.92 Å². The van der Waals surface area contributed by atoms with Crippen LogP contribution in [0.15, 0.2) is 59.5 Å². The number of hydrogen-bond donors (Lipinski definition) is 0. The van der Waals surface area contributed by atoms with E-state index in [1.54, 1.807) is 16.4 Å². The molecule has 3 rings (SSSR count). The molecular formula is C22H31N3O2S. The van der Waals surface area contributed by atoms with Crippen molar-refractivity contribution in [3.8, 4) is 0 Å². The minimum Gasteiger partial charge on any atom is -0.369 e. The first-order valence-electron chi connectivity index (χ1n) is 9.94. The van der Waals surface area contributed by atoms with Gasteiger partial charge >= 0.3 is 0 Å². The van der Waals surface area contributed by atoms with Gasteiger partial charge in [-0.25, -0.2) is 8.42 Å². The van der Waals surface area contributed by atoms with Crippen molar-refractivity contribution in [1.82, 2.24) is 9.21 Å². The van der Waals surface area contributed by atoms with E-state index in [1.807, 2.05) is 56.3 Å². The zero-order valence-corrected chi connectivity index (χ0v) is 17.9. The molecule has 0 spiro atoms. The molecule has 0 amide bonds. The molecule has 152 valence electrons. The first-order valence-corrected chi connectivity index (χ1v) is 11.4. The SMILES string of the molecule is CC(C)CN(Cc1ccccc1)S(=O)(=O)c1ccc(N2CCN(C)CC2)cc1. The van der Waals surface area contributed by atoms with Gasteiger partial charge in [0.05, 0.1) is 4.90 Å². The topological polar surface area (TPSA) is 43.9 Å². The van der Waals surface area contributed by atoms with Crippen LogP contribution in [0.5, 0.6) is 0 Å². The third kappa shape index (κ3) is 5.13. The van der Waals surface area contributed by atoms with E-state index >= 15 is 0 Å². The van der Waals surface area contributed by atoms with Gasteiger partial charge in [-0.05, 0) is 42.8 Å². The lowest BCUT2D eigenvalue weighted by molar-refractivity contribution is 0.313. The van der Waals surface area contributed by atoms with Gasteiger partial charge in [-0.15, -0.1) is 0 Å². The third-order valence-corrected chi connectivity index (χ3v) is 6.94. The normalized spacial score (nSPS) is 16.1. The predicted octanol–water partition coefficient (Wildman–Crippen LogP) is 3.29. The van der Waals surface area contributed by atoms with Crippen molar-refractivity contribution < 1.29 is 8.42 Å². The van der Waals surface area contributed by atoms with Gasteiger partial charge < -0.3 is 9.80 Å². The highest BCUT2D eigenvalue weighted by Crippen LogP contribution is 2.23. The number of rotatable bonds is 7. The Bertz CT molecular complexity index is 843. The number of piperazine rings is 1. The highest BCUT2D eigenvalue weighted by Gasteiger charge is 2.26. The molecule has 2 aromatic rings. The van der Waals surface area contributed by atoms with E-state index < -0.39 is 10.0 Å². The monoisotopic (exact) mass is 401 g/mol. The average Bonchev–Trinajstić information content (AvgIpc) is 2.69. The second kappa shape index (κ2) is 9.07. The van der Waals surface area contributed by atoms with Crippen LogP contribution < -0.4 is 4.90 Å². The first-order chi connectivity index (χ1) is 13.4. The molecule has 0 bridgehead atoms. The molecule has 5 nitrogen and oxygen atoms in total. The maximum Gasteiger partial charge on any atom is 0.243 e. The standard InChI is InChI=1S/C22H31N3O2S/c1-19(2)17-25(18-20-7-5-4-6-8-20)28(26,27)22-11-9-21(10-12-22)24-15-13-23(3)14-16-24/h4-12,19H,13-18H2,1-3H3.